The molecule has 3 atom stereocenters. The van der Waals surface area contributed by atoms with Crippen LogP contribution in [0.4, 0.5) is 4.39 Å². The van der Waals surface area contributed by atoms with Gasteiger partial charge in [0.2, 0.25) is 0 Å². The molecule has 2 N–H and O–H groups in total. The average Bonchev–Trinajstić information content (AvgIpc) is 3.07. The minimum absolute atomic E-state index is 0.0112. The number of rotatable bonds is 8. The molecule has 0 saturated carbocycles. The van der Waals surface area contributed by atoms with Crippen molar-refractivity contribution in [2.45, 2.75) is 70.8 Å². The molecule has 2 aromatic rings. The summed E-state index contributed by atoms with van der Waals surface area (Å²) in [4.78, 5) is 17.0. The Morgan fingerprint density at radius 1 is 1.12 bits per heavy atom. The van der Waals surface area contributed by atoms with Crippen molar-refractivity contribution < 1.29 is 24.1 Å². The van der Waals surface area contributed by atoms with E-state index in [1.54, 1.807) is 39.0 Å². The van der Waals surface area contributed by atoms with Crippen LogP contribution in [0.15, 0.2) is 65.7 Å². The molecule has 0 saturated heterocycles. The fraction of sp³-hybridized carbons (Fsp3) is 0.429. The molecule has 0 unspecified atom stereocenters. The number of ether oxygens (including phenoxy) is 1. The lowest BCUT2D eigenvalue weighted by Gasteiger charge is -2.32. The smallest absolute Gasteiger partial charge is 0.308 e. The maximum absolute atomic E-state index is 13.6. The Labute approximate surface area is 200 Å². The minimum atomic E-state index is -1.04. The van der Waals surface area contributed by atoms with E-state index in [1.165, 1.54) is 12.1 Å². The van der Waals surface area contributed by atoms with E-state index in [4.69, 9.17) is 9.73 Å². The molecule has 0 bridgehead atoms. The topological polar surface area (TPSA) is 79.1 Å². The van der Waals surface area contributed by atoms with Gasteiger partial charge in [-0.3, -0.25) is 9.79 Å². The number of hydrogen-bond donors (Lipinski definition) is 2. The standard InChI is InChI=1S/C28H34FNO4/c1-18(2)28(15-14-21(31)16-22(32)17-25(33)34-27(3,4)5)26(19-10-12-20(29)13-11-19)23-8-6-7-9-24(23)30-28/h6-15,18,21-22,31-32H,16-17H2,1-5H3/b15-14+/t21-,22+,28-/m0/s1. The van der Waals surface area contributed by atoms with Crippen LogP contribution in [0.25, 0.3) is 5.57 Å². The van der Waals surface area contributed by atoms with Gasteiger partial charge >= 0.3 is 5.97 Å². The molecular weight excluding hydrogens is 433 g/mol. The molecule has 182 valence electrons. The van der Waals surface area contributed by atoms with Gasteiger partial charge in [-0.05, 0) is 50.5 Å². The number of benzene rings is 2. The lowest BCUT2D eigenvalue weighted by Crippen LogP contribution is -2.33. The van der Waals surface area contributed by atoms with Gasteiger partial charge in [-0.1, -0.05) is 56.3 Å². The molecule has 6 heteroatoms. The zero-order valence-corrected chi connectivity index (χ0v) is 20.5. The van der Waals surface area contributed by atoms with Crippen molar-refractivity contribution >= 4 is 11.5 Å². The lowest BCUT2D eigenvalue weighted by atomic mass is 9.76. The number of aliphatic hydroxyl groups excluding tert-OH is 2. The number of esters is 1. The summed E-state index contributed by atoms with van der Waals surface area (Å²) in [5.41, 5.74) is 0.382. The molecule has 0 spiro atoms. The first-order valence-corrected chi connectivity index (χ1v) is 11.6. The zero-order valence-electron chi connectivity index (χ0n) is 20.5. The molecule has 1 aliphatic heterocycles. The molecule has 0 fully saturated rings. The second kappa shape index (κ2) is 10.2. The highest BCUT2D eigenvalue weighted by Gasteiger charge is 2.39. The van der Waals surface area contributed by atoms with E-state index in [9.17, 15) is 19.4 Å². The highest BCUT2D eigenvalue weighted by Crippen LogP contribution is 2.38. The summed E-state index contributed by atoms with van der Waals surface area (Å²) >= 11 is 0. The molecule has 0 amide bonds. The molecule has 0 aliphatic carbocycles. The molecule has 34 heavy (non-hydrogen) atoms. The van der Waals surface area contributed by atoms with E-state index in [0.29, 0.717) is 0 Å². The number of aliphatic hydroxyl groups is 2. The van der Waals surface area contributed by atoms with E-state index in [1.807, 2.05) is 44.2 Å². The summed E-state index contributed by atoms with van der Waals surface area (Å²) in [5, 5.41) is 22.7. The number of para-hydroxylation sites is 1. The molecule has 2 aromatic carbocycles. The van der Waals surface area contributed by atoms with Crippen LogP contribution in [0.3, 0.4) is 0 Å². The van der Waals surface area contributed by atoms with Crippen LogP contribution in [0.2, 0.25) is 0 Å². The van der Waals surface area contributed by atoms with E-state index in [0.717, 1.165) is 21.7 Å². The zero-order chi connectivity index (χ0) is 25.1. The first kappa shape index (κ1) is 25.8. The van der Waals surface area contributed by atoms with Gasteiger partial charge in [-0.15, -0.1) is 0 Å². The Hall–Kier alpha value is -2.83. The average molecular weight is 468 g/mol. The van der Waals surface area contributed by atoms with E-state index in [2.05, 4.69) is 0 Å². The van der Waals surface area contributed by atoms with Crippen LogP contribution < -0.4 is 10.6 Å². The largest absolute Gasteiger partial charge is 0.460 e. The highest BCUT2D eigenvalue weighted by molar-refractivity contribution is 5.77. The maximum Gasteiger partial charge on any atom is 0.308 e. The van der Waals surface area contributed by atoms with Crippen molar-refractivity contribution in [3.8, 4) is 0 Å². The van der Waals surface area contributed by atoms with Gasteiger partial charge in [-0.25, -0.2) is 4.39 Å². The van der Waals surface area contributed by atoms with Crippen molar-refractivity contribution in [2.24, 2.45) is 10.9 Å². The number of carbonyl (C=O) groups excluding carboxylic acids is 1. The second-order valence-corrected chi connectivity index (χ2v) is 10.1. The predicted octanol–water partition coefficient (Wildman–Crippen LogP) is 3.45. The summed E-state index contributed by atoms with van der Waals surface area (Å²) in [6.07, 6.45) is 1.26. The summed E-state index contributed by atoms with van der Waals surface area (Å²) in [7, 11) is 0. The van der Waals surface area contributed by atoms with E-state index < -0.39 is 29.3 Å². The van der Waals surface area contributed by atoms with Crippen LogP contribution in [0.1, 0.15) is 53.0 Å². The normalized spacial score (nSPS) is 19.7. The van der Waals surface area contributed by atoms with Gasteiger partial charge in [0.1, 0.15) is 17.0 Å². The molecule has 0 aromatic heterocycles. The van der Waals surface area contributed by atoms with Gasteiger partial charge < -0.3 is 14.9 Å². The fourth-order valence-electron chi connectivity index (χ4n) is 4.26. The van der Waals surface area contributed by atoms with Gasteiger partial charge in [0.05, 0.1) is 24.0 Å². The van der Waals surface area contributed by atoms with Crippen LogP contribution in [-0.4, -0.2) is 39.5 Å². The summed E-state index contributed by atoms with van der Waals surface area (Å²) in [5.74, 6) is -0.800. The van der Waals surface area contributed by atoms with Crippen molar-refractivity contribution in [1.82, 2.24) is 0 Å². The van der Waals surface area contributed by atoms with Crippen LogP contribution in [0, 0.1) is 11.7 Å². The maximum atomic E-state index is 13.6. The van der Waals surface area contributed by atoms with Gasteiger partial charge in [0.15, 0.2) is 0 Å². The SMILES string of the molecule is CC(C)[C@]1(/C=C/[C@H](O)C[C@@H](O)CC(=O)OC(C)(C)C)N=c2ccccc2=C1c1ccc(F)cc1. The summed E-state index contributed by atoms with van der Waals surface area (Å²) in [6.45, 7) is 9.38. The Balaban J connectivity index is 1.89. The van der Waals surface area contributed by atoms with Crippen LogP contribution >= 0.6 is 0 Å². The molecule has 3 rings (SSSR count). The number of hydrogen-bond acceptors (Lipinski definition) is 5. The highest BCUT2D eigenvalue weighted by atomic mass is 19.1. The molecule has 1 aliphatic rings. The third-order valence-corrected chi connectivity index (χ3v) is 5.80. The number of halogens is 1. The third-order valence-electron chi connectivity index (χ3n) is 5.80. The Morgan fingerprint density at radius 3 is 2.38 bits per heavy atom. The van der Waals surface area contributed by atoms with Crippen LogP contribution in [-0.2, 0) is 9.53 Å². The van der Waals surface area contributed by atoms with E-state index in [-0.39, 0.29) is 24.6 Å². The van der Waals surface area contributed by atoms with Gasteiger partial charge in [0, 0.05) is 17.2 Å². The number of carbonyl (C=O) groups is 1. The quantitative estimate of drug-likeness (QED) is 0.460. The Kier molecular flexibility index (Phi) is 7.74. The third kappa shape index (κ3) is 5.99. The molecule has 5 nitrogen and oxygen atoms in total. The lowest BCUT2D eigenvalue weighted by molar-refractivity contribution is -0.157. The molecular formula is C28H34FNO4. The van der Waals surface area contributed by atoms with Crippen molar-refractivity contribution in [2.75, 3.05) is 0 Å². The Bertz CT molecular complexity index is 1160. The van der Waals surface area contributed by atoms with Crippen molar-refractivity contribution in [3.63, 3.8) is 0 Å². The van der Waals surface area contributed by atoms with Crippen molar-refractivity contribution in [1.29, 1.82) is 0 Å². The number of fused-ring (bicyclic) bond motifs is 1. The van der Waals surface area contributed by atoms with Crippen LogP contribution in [0.5, 0.6) is 0 Å². The molecule has 1 heterocycles. The first-order valence-electron chi connectivity index (χ1n) is 11.6. The van der Waals surface area contributed by atoms with Crippen molar-refractivity contribution in [3.05, 3.63) is 82.6 Å². The predicted molar refractivity (Wildman–Crippen MR) is 130 cm³/mol. The van der Waals surface area contributed by atoms with Gasteiger partial charge in [0.25, 0.3) is 0 Å². The minimum Gasteiger partial charge on any atom is -0.460 e. The Morgan fingerprint density at radius 2 is 1.76 bits per heavy atom. The van der Waals surface area contributed by atoms with Gasteiger partial charge in [-0.2, -0.15) is 0 Å². The second-order valence-electron chi connectivity index (χ2n) is 10.1. The van der Waals surface area contributed by atoms with E-state index >= 15 is 0 Å². The fourth-order valence-corrected chi connectivity index (χ4v) is 4.26. The summed E-state index contributed by atoms with van der Waals surface area (Å²) in [6, 6.07) is 14.2. The monoisotopic (exact) mass is 467 g/mol. The molecule has 0 radical (unpaired) electrons. The summed E-state index contributed by atoms with van der Waals surface area (Å²) < 4.78 is 18.9. The first-order chi connectivity index (χ1) is 15.9. The number of nitrogens with zero attached hydrogens (tertiary/aromatic N) is 1.